The van der Waals surface area contributed by atoms with Crippen molar-refractivity contribution in [2.24, 2.45) is 11.8 Å². The lowest BCUT2D eigenvalue weighted by molar-refractivity contribution is 0.0782. The minimum absolute atomic E-state index is 0.0623. The van der Waals surface area contributed by atoms with Crippen molar-refractivity contribution in [3.8, 4) is 0 Å². The maximum absolute atomic E-state index is 11.9. The van der Waals surface area contributed by atoms with Crippen molar-refractivity contribution in [3.63, 3.8) is 0 Å². The topological polar surface area (TPSA) is 76.1 Å². The summed E-state index contributed by atoms with van der Waals surface area (Å²) in [7, 11) is -3.61. The lowest BCUT2D eigenvalue weighted by Gasteiger charge is -2.29. The van der Waals surface area contributed by atoms with Gasteiger partial charge in [0.15, 0.2) is 0 Å². The average Bonchev–Trinajstić information content (AvgIpc) is 3.14. The molecule has 1 fully saturated rings. The normalized spacial score (nSPS) is 40.3. The molecule has 2 rings (SSSR count). The maximum atomic E-state index is 11.9. The third-order valence-electron chi connectivity index (χ3n) is 5.80. The fourth-order valence-corrected chi connectivity index (χ4v) is 4.84. The van der Waals surface area contributed by atoms with E-state index >= 15 is 0 Å². The zero-order valence-corrected chi connectivity index (χ0v) is 18.4. The third-order valence-corrected chi connectivity index (χ3v) is 6.37. The van der Waals surface area contributed by atoms with Gasteiger partial charge >= 0.3 is 0 Å². The second-order valence-corrected chi connectivity index (χ2v) is 10.5. The van der Waals surface area contributed by atoms with E-state index in [1.807, 2.05) is 19.9 Å². The van der Waals surface area contributed by atoms with Gasteiger partial charge in [-0.25, -0.2) is 0 Å². The van der Waals surface area contributed by atoms with Crippen molar-refractivity contribution < 1.29 is 22.4 Å². The average molecular weight is 401 g/mol. The Kier molecular flexibility index (Phi) is 7.34. The first-order valence-corrected chi connectivity index (χ1v) is 11.8. The fourth-order valence-electron chi connectivity index (χ4n) is 4.19. The van der Waals surface area contributed by atoms with Crippen molar-refractivity contribution in [2.45, 2.75) is 90.6 Å². The van der Waals surface area contributed by atoms with Gasteiger partial charge in [0.2, 0.25) is 0 Å². The van der Waals surface area contributed by atoms with Crippen LogP contribution in [-0.4, -0.2) is 43.7 Å². The van der Waals surface area contributed by atoms with Gasteiger partial charge in [-0.05, 0) is 58.3 Å². The lowest BCUT2D eigenvalue weighted by Crippen LogP contribution is -2.38. The molecule has 1 unspecified atom stereocenters. The summed E-state index contributed by atoms with van der Waals surface area (Å²) < 4.78 is 35.4. The van der Waals surface area contributed by atoms with Crippen LogP contribution >= 0.6 is 0 Å². The molecule has 0 aromatic heterocycles. The first kappa shape index (κ1) is 22.6. The first-order valence-electron chi connectivity index (χ1n) is 9.98. The van der Waals surface area contributed by atoms with E-state index in [1.165, 1.54) is 5.57 Å². The highest BCUT2D eigenvalue weighted by Gasteiger charge is 2.59. The van der Waals surface area contributed by atoms with E-state index in [-0.39, 0.29) is 17.9 Å². The smallest absolute Gasteiger partial charge is 0.264 e. The molecule has 0 aromatic rings. The number of epoxide rings is 1. The van der Waals surface area contributed by atoms with Gasteiger partial charge < -0.3 is 9.84 Å². The highest BCUT2D eigenvalue weighted by Crippen LogP contribution is 2.47. The maximum Gasteiger partial charge on any atom is 0.264 e. The Hall–Kier alpha value is -0.690. The Balaban J connectivity index is 2.34. The monoisotopic (exact) mass is 400 g/mol. The molecule has 1 saturated heterocycles. The van der Waals surface area contributed by atoms with Crippen LogP contribution in [0.1, 0.15) is 66.7 Å². The molecular formula is C21H36O5S. The van der Waals surface area contributed by atoms with Crippen molar-refractivity contribution >= 4 is 10.1 Å². The summed E-state index contributed by atoms with van der Waals surface area (Å²) in [5.74, 6) is 0.324. The van der Waals surface area contributed by atoms with Gasteiger partial charge in [-0.1, -0.05) is 37.1 Å². The zero-order chi connectivity index (χ0) is 20.4. The quantitative estimate of drug-likeness (QED) is 0.440. The Labute approximate surface area is 165 Å². The molecule has 0 aromatic carbocycles. The summed E-state index contributed by atoms with van der Waals surface area (Å²) in [5.41, 5.74) is 1.91. The zero-order valence-electron chi connectivity index (χ0n) is 17.6. The second-order valence-electron chi connectivity index (χ2n) is 8.94. The van der Waals surface area contributed by atoms with Crippen LogP contribution in [0.15, 0.2) is 23.3 Å². The van der Waals surface area contributed by atoms with E-state index in [9.17, 15) is 13.5 Å². The molecule has 0 saturated carbocycles. The highest BCUT2D eigenvalue weighted by atomic mass is 32.2. The first-order chi connectivity index (χ1) is 12.4. The van der Waals surface area contributed by atoms with Crippen molar-refractivity contribution in [1.82, 2.24) is 0 Å². The summed E-state index contributed by atoms with van der Waals surface area (Å²) in [4.78, 5) is 0. The Morgan fingerprint density at radius 3 is 2.52 bits per heavy atom. The van der Waals surface area contributed by atoms with Gasteiger partial charge in [-0.15, -0.1) is 0 Å². The number of hydrogen-bond donors (Lipinski definition) is 1. The number of fused-ring (bicyclic) bond motifs is 1. The molecule has 0 spiro atoms. The molecule has 5 atom stereocenters. The molecular weight excluding hydrogens is 364 g/mol. The molecule has 2 aliphatic rings. The number of rotatable bonds is 3. The van der Waals surface area contributed by atoms with E-state index in [2.05, 4.69) is 26.8 Å². The molecule has 5 nitrogen and oxygen atoms in total. The number of aliphatic hydroxyl groups excluding tert-OH is 1. The molecule has 6 heteroatoms. The number of allylic oxidation sites excluding steroid dienone is 3. The summed E-state index contributed by atoms with van der Waals surface area (Å²) in [6, 6.07) is 0. The van der Waals surface area contributed by atoms with Gasteiger partial charge in [0.05, 0.1) is 18.0 Å². The van der Waals surface area contributed by atoms with Crippen LogP contribution in [0.5, 0.6) is 0 Å². The SMILES string of the molecule is C/C1=C\[C@H](O)C[C@]2(C)O[C@H]2[C@H](OS(C)(=O)=O)C(C(C)C)CC/C(C)=C/CC1. The summed E-state index contributed by atoms with van der Waals surface area (Å²) in [6.07, 6.45) is 7.88. The van der Waals surface area contributed by atoms with E-state index < -0.39 is 27.9 Å². The van der Waals surface area contributed by atoms with E-state index in [0.29, 0.717) is 6.42 Å². The summed E-state index contributed by atoms with van der Waals surface area (Å²) in [6.45, 7) is 10.3. The predicted molar refractivity (Wildman–Crippen MR) is 108 cm³/mol. The van der Waals surface area contributed by atoms with Crippen LogP contribution in [0, 0.1) is 11.8 Å². The van der Waals surface area contributed by atoms with Gasteiger partial charge in [0, 0.05) is 6.42 Å². The fraction of sp³-hybridized carbons (Fsp3) is 0.810. The molecule has 0 bridgehead atoms. The van der Waals surface area contributed by atoms with Gasteiger partial charge in [0.1, 0.15) is 12.2 Å². The Bertz CT molecular complexity index is 679. The van der Waals surface area contributed by atoms with E-state index in [1.54, 1.807) is 0 Å². The highest BCUT2D eigenvalue weighted by molar-refractivity contribution is 7.86. The molecule has 1 aliphatic heterocycles. The van der Waals surface area contributed by atoms with Crippen molar-refractivity contribution in [3.05, 3.63) is 23.3 Å². The Morgan fingerprint density at radius 1 is 1.26 bits per heavy atom. The minimum atomic E-state index is -3.61. The predicted octanol–water partition coefficient (Wildman–Crippen LogP) is 3.98. The molecule has 1 aliphatic carbocycles. The molecule has 0 amide bonds. The lowest BCUT2D eigenvalue weighted by atomic mass is 9.81. The molecule has 1 N–H and O–H groups in total. The number of aliphatic hydroxyl groups is 1. The van der Waals surface area contributed by atoms with Crippen LogP contribution in [0.3, 0.4) is 0 Å². The van der Waals surface area contributed by atoms with Gasteiger partial charge in [-0.3, -0.25) is 4.18 Å². The van der Waals surface area contributed by atoms with Crippen molar-refractivity contribution in [2.75, 3.05) is 6.26 Å². The second kappa shape index (κ2) is 8.76. The van der Waals surface area contributed by atoms with Gasteiger partial charge in [-0.2, -0.15) is 8.42 Å². The molecule has 0 radical (unpaired) electrons. The molecule has 1 heterocycles. The number of ether oxygens (including phenoxy) is 1. The Morgan fingerprint density at radius 2 is 1.93 bits per heavy atom. The van der Waals surface area contributed by atoms with Crippen molar-refractivity contribution in [1.29, 1.82) is 0 Å². The molecule has 27 heavy (non-hydrogen) atoms. The molecule has 156 valence electrons. The van der Waals surface area contributed by atoms with Crippen LogP contribution in [0.4, 0.5) is 0 Å². The number of hydrogen-bond acceptors (Lipinski definition) is 5. The van der Waals surface area contributed by atoms with Crippen LogP contribution < -0.4 is 0 Å². The minimum Gasteiger partial charge on any atom is -0.389 e. The van der Waals surface area contributed by atoms with E-state index in [0.717, 1.165) is 37.5 Å². The van der Waals surface area contributed by atoms with Crippen LogP contribution in [0.25, 0.3) is 0 Å². The van der Waals surface area contributed by atoms with E-state index in [4.69, 9.17) is 8.92 Å². The summed E-state index contributed by atoms with van der Waals surface area (Å²) >= 11 is 0. The van der Waals surface area contributed by atoms with Gasteiger partial charge in [0.25, 0.3) is 10.1 Å². The standard InChI is InChI=1S/C21H36O5S/c1-14(2)18-11-10-15(3)8-7-9-16(4)12-17(22)13-21(5)20(25-21)19(18)26-27(6,23)24/h8,12,14,17-20,22H,7,9-11,13H2,1-6H3/b15-8+,16-12+/t17-,18?,19+,20-,21-/m0/s1. The van der Waals surface area contributed by atoms with Crippen LogP contribution in [0.2, 0.25) is 0 Å². The third kappa shape index (κ3) is 6.70. The largest absolute Gasteiger partial charge is 0.389 e. The van der Waals surface area contributed by atoms with Crippen LogP contribution in [-0.2, 0) is 19.0 Å². The summed E-state index contributed by atoms with van der Waals surface area (Å²) in [5, 5.41) is 10.5.